The van der Waals surface area contributed by atoms with Crippen LogP contribution in [0, 0.1) is 18.8 Å². The lowest BCUT2D eigenvalue weighted by Crippen LogP contribution is -2.28. The van der Waals surface area contributed by atoms with Gasteiger partial charge < -0.3 is 15.2 Å². The predicted octanol–water partition coefficient (Wildman–Crippen LogP) is 1.35. The van der Waals surface area contributed by atoms with Gasteiger partial charge >= 0.3 is 0 Å². The van der Waals surface area contributed by atoms with Crippen LogP contribution in [-0.2, 0) is 4.74 Å². The normalized spacial score (nSPS) is 10.1. The molecule has 0 unspecified atom stereocenters. The van der Waals surface area contributed by atoms with Gasteiger partial charge in [-0.3, -0.25) is 4.79 Å². The molecule has 2 N–H and O–H groups in total. The molecular weight excluding hydrogens is 280 g/mol. The predicted molar refractivity (Wildman–Crippen MR) is 74.3 cm³/mol. The van der Waals surface area contributed by atoms with Crippen LogP contribution in [0.25, 0.3) is 0 Å². The number of halogens is 2. The van der Waals surface area contributed by atoms with Crippen molar-refractivity contribution in [3.63, 3.8) is 0 Å². The van der Waals surface area contributed by atoms with E-state index in [9.17, 15) is 13.6 Å². The van der Waals surface area contributed by atoms with E-state index in [0.29, 0.717) is 11.1 Å². The van der Waals surface area contributed by atoms with E-state index in [-0.39, 0.29) is 25.7 Å². The van der Waals surface area contributed by atoms with Crippen LogP contribution in [0.15, 0.2) is 18.2 Å². The minimum absolute atomic E-state index is 0.0134. The summed E-state index contributed by atoms with van der Waals surface area (Å²) in [5, 5.41) is 11.3. The Kier molecular flexibility index (Phi) is 7.37. The SMILES string of the molecule is Cc1ccc(C#CCO)c(C(=O)NCCOCC(F)F)c1. The Balaban J connectivity index is 2.62. The zero-order valence-corrected chi connectivity index (χ0v) is 11.7. The van der Waals surface area contributed by atoms with E-state index < -0.39 is 13.0 Å². The molecule has 0 bridgehead atoms. The molecule has 0 aliphatic rings. The number of alkyl halides is 2. The van der Waals surface area contributed by atoms with Crippen LogP contribution < -0.4 is 5.32 Å². The first-order valence-electron chi connectivity index (χ1n) is 6.39. The average molecular weight is 297 g/mol. The first-order chi connectivity index (χ1) is 10.0. The topological polar surface area (TPSA) is 58.6 Å². The second-order valence-corrected chi connectivity index (χ2v) is 4.23. The maximum Gasteiger partial charge on any atom is 0.261 e. The molecule has 0 radical (unpaired) electrons. The molecule has 1 rings (SSSR count). The van der Waals surface area contributed by atoms with Crippen molar-refractivity contribution in [1.29, 1.82) is 0 Å². The molecule has 0 atom stereocenters. The van der Waals surface area contributed by atoms with Crippen molar-refractivity contribution in [2.75, 3.05) is 26.4 Å². The fourth-order valence-corrected chi connectivity index (χ4v) is 1.59. The Bertz CT molecular complexity index is 535. The number of benzene rings is 1. The summed E-state index contributed by atoms with van der Waals surface area (Å²) in [6.45, 7) is 1.04. The van der Waals surface area contributed by atoms with Gasteiger partial charge in [0, 0.05) is 12.1 Å². The Morgan fingerprint density at radius 2 is 2.24 bits per heavy atom. The van der Waals surface area contributed by atoms with E-state index in [2.05, 4.69) is 21.9 Å². The standard InChI is InChI=1S/C15H17F2NO3/c1-11-4-5-12(3-2-7-19)13(9-11)15(20)18-6-8-21-10-14(16)17/h4-5,9,14,19H,6-8,10H2,1H3,(H,18,20). The van der Waals surface area contributed by atoms with Crippen molar-refractivity contribution in [2.45, 2.75) is 13.3 Å². The maximum atomic E-state index is 12.0. The number of rotatable bonds is 6. The van der Waals surface area contributed by atoms with Crippen LogP contribution in [0.1, 0.15) is 21.5 Å². The largest absolute Gasteiger partial charge is 0.384 e. The first kappa shape index (κ1) is 17.1. The summed E-state index contributed by atoms with van der Waals surface area (Å²) in [7, 11) is 0. The molecule has 0 fully saturated rings. The monoisotopic (exact) mass is 297 g/mol. The molecule has 21 heavy (non-hydrogen) atoms. The number of aliphatic hydroxyl groups excluding tert-OH is 1. The molecule has 1 aromatic rings. The van der Waals surface area contributed by atoms with E-state index in [1.54, 1.807) is 12.1 Å². The third-order valence-electron chi connectivity index (χ3n) is 2.50. The van der Waals surface area contributed by atoms with Crippen molar-refractivity contribution in [3.05, 3.63) is 34.9 Å². The number of hydrogen-bond acceptors (Lipinski definition) is 3. The highest BCUT2D eigenvalue weighted by Crippen LogP contribution is 2.10. The van der Waals surface area contributed by atoms with Crippen LogP contribution in [0.5, 0.6) is 0 Å². The number of aliphatic hydroxyl groups is 1. The van der Waals surface area contributed by atoms with Gasteiger partial charge in [0.25, 0.3) is 12.3 Å². The zero-order valence-electron chi connectivity index (χ0n) is 11.7. The molecule has 0 aliphatic heterocycles. The lowest BCUT2D eigenvalue weighted by atomic mass is 10.0. The number of hydrogen-bond donors (Lipinski definition) is 2. The van der Waals surface area contributed by atoms with Gasteiger partial charge in [-0.2, -0.15) is 0 Å². The van der Waals surface area contributed by atoms with Gasteiger partial charge in [0.05, 0.1) is 12.2 Å². The summed E-state index contributed by atoms with van der Waals surface area (Å²) in [6.07, 6.45) is -2.52. The van der Waals surface area contributed by atoms with Gasteiger partial charge in [0.2, 0.25) is 0 Å². The van der Waals surface area contributed by atoms with Gasteiger partial charge in [-0.1, -0.05) is 23.5 Å². The van der Waals surface area contributed by atoms with Gasteiger partial charge in [-0.25, -0.2) is 8.78 Å². The van der Waals surface area contributed by atoms with Crippen LogP contribution >= 0.6 is 0 Å². The molecule has 0 aliphatic carbocycles. The van der Waals surface area contributed by atoms with Gasteiger partial charge in [-0.05, 0) is 19.1 Å². The van der Waals surface area contributed by atoms with Crippen molar-refractivity contribution in [1.82, 2.24) is 5.32 Å². The number of amides is 1. The lowest BCUT2D eigenvalue weighted by Gasteiger charge is -2.08. The number of ether oxygens (including phenoxy) is 1. The average Bonchev–Trinajstić information content (AvgIpc) is 2.45. The number of carbonyl (C=O) groups is 1. The van der Waals surface area contributed by atoms with E-state index in [0.717, 1.165) is 5.56 Å². The molecule has 114 valence electrons. The van der Waals surface area contributed by atoms with Crippen LogP contribution in [0.2, 0.25) is 0 Å². The fraction of sp³-hybridized carbons (Fsp3) is 0.400. The summed E-state index contributed by atoms with van der Waals surface area (Å²) >= 11 is 0. The third kappa shape index (κ3) is 6.34. The summed E-state index contributed by atoms with van der Waals surface area (Å²) in [5.41, 5.74) is 1.77. The molecule has 0 saturated heterocycles. The summed E-state index contributed by atoms with van der Waals surface area (Å²) in [6, 6.07) is 5.18. The molecule has 4 nitrogen and oxygen atoms in total. The van der Waals surface area contributed by atoms with Gasteiger partial charge in [0.1, 0.15) is 13.2 Å². The van der Waals surface area contributed by atoms with Crippen LogP contribution in [-0.4, -0.2) is 43.8 Å². The van der Waals surface area contributed by atoms with Crippen molar-refractivity contribution in [3.8, 4) is 11.8 Å². The Labute approximate surface area is 122 Å². The fourth-order valence-electron chi connectivity index (χ4n) is 1.59. The second kappa shape index (κ2) is 9.06. The number of nitrogens with one attached hydrogen (secondary N) is 1. The van der Waals surface area contributed by atoms with Crippen molar-refractivity contribution < 1.29 is 23.4 Å². The lowest BCUT2D eigenvalue weighted by molar-refractivity contribution is 0.0188. The first-order valence-corrected chi connectivity index (χ1v) is 6.39. The zero-order chi connectivity index (χ0) is 15.7. The van der Waals surface area contributed by atoms with Crippen LogP contribution in [0.3, 0.4) is 0 Å². The van der Waals surface area contributed by atoms with Crippen LogP contribution in [0.4, 0.5) is 8.78 Å². The summed E-state index contributed by atoms with van der Waals surface area (Å²) in [4.78, 5) is 12.0. The smallest absolute Gasteiger partial charge is 0.261 e. The molecule has 0 saturated carbocycles. The minimum Gasteiger partial charge on any atom is -0.384 e. The summed E-state index contributed by atoms with van der Waals surface area (Å²) in [5.74, 6) is 4.82. The molecular formula is C15H17F2NO3. The molecule has 0 spiro atoms. The third-order valence-corrected chi connectivity index (χ3v) is 2.50. The Morgan fingerprint density at radius 3 is 2.90 bits per heavy atom. The Hall–Kier alpha value is -1.97. The van der Waals surface area contributed by atoms with Gasteiger partial charge in [-0.15, -0.1) is 0 Å². The molecule has 1 amide bonds. The highest BCUT2D eigenvalue weighted by atomic mass is 19.3. The quantitative estimate of drug-likeness (QED) is 0.615. The van der Waals surface area contributed by atoms with E-state index >= 15 is 0 Å². The molecule has 6 heteroatoms. The Morgan fingerprint density at radius 1 is 1.48 bits per heavy atom. The second-order valence-electron chi connectivity index (χ2n) is 4.23. The summed E-state index contributed by atoms with van der Waals surface area (Å²) < 4.78 is 28.4. The molecule has 0 aromatic heterocycles. The van der Waals surface area contributed by atoms with Crippen molar-refractivity contribution >= 4 is 5.91 Å². The number of aryl methyl sites for hydroxylation is 1. The minimum atomic E-state index is -2.52. The highest BCUT2D eigenvalue weighted by molar-refractivity contribution is 5.96. The number of carbonyl (C=O) groups excluding carboxylic acids is 1. The van der Waals surface area contributed by atoms with Gasteiger partial charge in [0.15, 0.2) is 0 Å². The van der Waals surface area contributed by atoms with E-state index in [1.165, 1.54) is 0 Å². The molecule has 0 heterocycles. The molecule has 1 aromatic carbocycles. The van der Waals surface area contributed by atoms with E-state index in [1.807, 2.05) is 13.0 Å². The maximum absolute atomic E-state index is 12.0. The van der Waals surface area contributed by atoms with Crippen molar-refractivity contribution in [2.24, 2.45) is 0 Å². The van der Waals surface area contributed by atoms with E-state index in [4.69, 9.17) is 5.11 Å². The highest BCUT2D eigenvalue weighted by Gasteiger charge is 2.10.